The lowest BCUT2D eigenvalue weighted by molar-refractivity contribution is 0.429. The Labute approximate surface area is 218 Å². The van der Waals surface area contributed by atoms with Gasteiger partial charge in [-0.25, -0.2) is 19.3 Å². The van der Waals surface area contributed by atoms with Gasteiger partial charge in [-0.15, -0.1) is 0 Å². The number of piperidine rings is 1. The molecule has 0 spiro atoms. The van der Waals surface area contributed by atoms with Gasteiger partial charge in [0.2, 0.25) is 11.8 Å². The summed E-state index contributed by atoms with van der Waals surface area (Å²) in [7, 11) is 0. The molecule has 1 fully saturated rings. The van der Waals surface area contributed by atoms with Crippen molar-refractivity contribution in [2.75, 3.05) is 23.1 Å². The first-order valence-corrected chi connectivity index (χ1v) is 12.8. The van der Waals surface area contributed by atoms with Gasteiger partial charge in [0.05, 0.1) is 16.3 Å². The van der Waals surface area contributed by atoms with Crippen LogP contribution in [0.1, 0.15) is 12.8 Å². The van der Waals surface area contributed by atoms with Gasteiger partial charge in [0.1, 0.15) is 0 Å². The third-order valence-electron chi connectivity index (χ3n) is 5.59. The number of pyridine rings is 1. The van der Waals surface area contributed by atoms with Gasteiger partial charge in [-0.05, 0) is 73.8 Å². The summed E-state index contributed by atoms with van der Waals surface area (Å²) in [4.78, 5) is 14.2. The van der Waals surface area contributed by atoms with E-state index >= 15 is 0 Å². The van der Waals surface area contributed by atoms with Gasteiger partial charge in [0.15, 0.2) is 11.6 Å². The van der Waals surface area contributed by atoms with Gasteiger partial charge in [-0.3, -0.25) is 0 Å². The summed E-state index contributed by atoms with van der Waals surface area (Å²) in [6.07, 6.45) is 5.45. The van der Waals surface area contributed by atoms with Crippen LogP contribution in [0, 0.1) is 5.82 Å². The molecular weight excluding hydrogens is 499 g/mol. The normalized spacial score (nSPS) is 15.3. The van der Waals surface area contributed by atoms with Crippen LogP contribution in [0.15, 0.2) is 78.0 Å². The van der Waals surface area contributed by atoms with E-state index in [0.717, 1.165) is 30.8 Å². The Morgan fingerprint density at radius 3 is 2.81 bits per heavy atom. The molecular formula is C26H24ClFN6OS. The first-order chi connectivity index (χ1) is 17.7. The zero-order chi connectivity index (χ0) is 24.7. The maximum atomic E-state index is 14.9. The molecule has 1 unspecified atom stereocenters. The summed E-state index contributed by atoms with van der Waals surface area (Å²) in [6, 6.07) is 17.8. The molecule has 0 aliphatic carbocycles. The molecule has 0 radical (unpaired) electrons. The minimum Gasteiger partial charge on any atom is -0.435 e. The zero-order valence-electron chi connectivity index (χ0n) is 19.2. The molecule has 1 atom stereocenters. The highest BCUT2D eigenvalue weighted by atomic mass is 35.5. The van der Waals surface area contributed by atoms with E-state index in [4.69, 9.17) is 16.3 Å². The molecule has 5 rings (SSSR count). The third-order valence-corrected chi connectivity index (χ3v) is 6.94. The van der Waals surface area contributed by atoms with Crippen molar-refractivity contribution in [2.45, 2.75) is 23.8 Å². The first kappa shape index (κ1) is 24.3. The number of nitrogens with zero attached hydrogens (tertiary/aromatic N) is 3. The van der Waals surface area contributed by atoms with Crippen LogP contribution < -0.4 is 20.1 Å². The van der Waals surface area contributed by atoms with Gasteiger partial charge in [0.25, 0.3) is 0 Å². The number of ether oxygens (including phenoxy) is 1. The number of hydrogen-bond donors (Lipinski definition) is 3. The SMILES string of the molecule is Fc1cc(NSc2ccccc2Cl)ccc1Oc1ncccc1-c1ccnc(NC2CCCNC2)n1. The maximum absolute atomic E-state index is 14.9. The van der Waals surface area contributed by atoms with Gasteiger partial charge in [0, 0.05) is 41.6 Å². The highest BCUT2D eigenvalue weighted by Crippen LogP contribution is 2.34. The highest BCUT2D eigenvalue weighted by Gasteiger charge is 2.16. The molecule has 4 aromatic rings. The second-order valence-corrected chi connectivity index (χ2v) is 9.45. The number of anilines is 2. The topological polar surface area (TPSA) is 84.0 Å². The smallest absolute Gasteiger partial charge is 0.228 e. The molecule has 1 aliphatic rings. The van der Waals surface area contributed by atoms with Gasteiger partial charge in [-0.1, -0.05) is 23.7 Å². The molecule has 10 heteroatoms. The van der Waals surface area contributed by atoms with Crippen molar-refractivity contribution in [3.05, 3.63) is 83.9 Å². The Hall–Kier alpha value is -3.40. The number of rotatable bonds is 8. The molecule has 7 nitrogen and oxygen atoms in total. The standard InChI is InChI=1S/C26H24ClFN6OS/c27-20-7-1-2-8-24(20)36-34-17-9-10-23(21(28)15-17)35-25-19(6-4-13-30-25)22-11-14-31-26(33-22)32-18-5-3-12-29-16-18/h1-2,4,6-11,13-15,18,29,34H,3,5,12,16H2,(H,31,32,33). The minimum atomic E-state index is -0.522. The second-order valence-electron chi connectivity index (χ2n) is 8.19. The lowest BCUT2D eigenvalue weighted by Gasteiger charge is -2.23. The quantitative estimate of drug-likeness (QED) is 0.229. The largest absolute Gasteiger partial charge is 0.435 e. The van der Waals surface area contributed by atoms with E-state index < -0.39 is 5.82 Å². The molecule has 184 valence electrons. The van der Waals surface area contributed by atoms with Crippen LogP contribution in [0.4, 0.5) is 16.0 Å². The average molecular weight is 523 g/mol. The number of benzene rings is 2. The average Bonchev–Trinajstić information content (AvgIpc) is 2.91. The van der Waals surface area contributed by atoms with Crippen molar-refractivity contribution in [3.63, 3.8) is 0 Å². The fraction of sp³-hybridized carbons (Fsp3) is 0.192. The fourth-order valence-corrected chi connectivity index (χ4v) is 4.71. The zero-order valence-corrected chi connectivity index (χ0v) is 20.8. The van der Waals surface area contributed by atoms with Crippen LogP contribution in [0.2, 0.25) is 5.02 Å². The van der Waals surface area contributed by atoms with Gasteiger partial charge >= 0.3 is 0 Å². The molecule has 1 aliphatic heterocycles. The maximum Gasteiger partial charge on any atom is 0.228 e. The Bertz CT molecular complexity index is 1340. The van der Waals surface area contributed by atoms with E-state index in [1.54, 1.807) is 42.7 Å². The molecule has 3 N–H and O–H groups in total. The van der Waals surface area contributed by atoms with Crippen LogP contribution in [0.3, 0.4) is 0 Å². The highest BCUT2D eigenvalue weighted by molar-refractivity contribution is 8.00. The lowest BCUT2D eigenvalue weighted by Crippen LogP contribution is -2.38. The molecule has 2 aromatic carbocycles. The summed E-state index contributed by atoms with van der Waals surface area (Å²) in [6.45, 7) is 1.90. The Balaban J connectivity index is 1.31. The van der Waals surface area contributed by atoms with Gasteiger partial charge < -0.3 is 20.1 Å². The van der Waals surface area contributed by atoms with Crippen molar-refractivity contribution < 1.29 is 9.13 Å². The van der Waals surface area contributed by atoms with Gasteiger partial charge in [-0.2, -0.15) is 0 Å². The number of halogens is 2. The van der Waals surface area contributed by atoms with Crippen molar-refractivity contribution in [2.24, 2.45) is 0 Å². The molecule has 3 heterocycles. The predicted octanol–water partition coefficient (Wildman–Crippen LogP) is 6.41. The number of hydrogen-bond acceptors (Lipinski definition) is 8. The van der Waals surface area contributed by atoms with Crippen molar-refractivity contribution in [1.82, 2.24) is 20.3 Å². The van der Waals surface area contributed by atoms with Crippen LogP contribution in [0.5, 0.6) is 11.6 Å². The van der Waals surface area contributed by atoms with E-state index in [2.05, 4.69) is 30.3 Å². The molecule has 36 heavy (non-hydrogen) atoms. The van der Waals surface area contributed by atoms with Crippen molar-refractivity contribution in [3.8, 4) is 22.9 Å². The van der Waals surface area contributed by atoms with E-state index in [0.29, 0.717) is 27.9 Å². The van der Waals surface area contributed by atoms with E-state index in [-0.39, 0.29) is 17.7 Å². The molecule has 0 bridgehead atoms. The van der Waals surface area contributed by atoms with E-state index in [1.807, 2.05) is 24.3 Å². The Kier molecular flexibility index (Phi) is 7.80. The number of aromatic nitrogens is 3. The summed E-state index contributed by atoms with van der Waals surface area (Å²) >= 11 is 7.49. The van der Waals surface area contributed by atoms with Crippen molar-refractivity contribution >= 4 is 35.2 Å². The first-order valence-electron chi connectivity index (χ1n) is 11.6. The van der Waals surface area contributed by atoms with Crippen LogP contribution in [-0.2, 0) is 0 Å². The van der Waals surface area contributed by atoms with E-state index in [9.17, 15) is 4.39 Å². The second kappa shape index (κ2) is 11.6. The summed E-state index contributed by atoms with van der Waals surface area (Å²) < 4.78 is 23.9. The van der Waals surface area contributed by atoms with Crippen LogP contribution in [0.25, 0.3) is 11.3 Å². The Morgan fingerprint density at radius 2 is 1.97 bits per heavy atom. The fourth-order valence-electron chi connectivity index (χ4n) is 3.80. The van der Waals surface area contributed by atoms with Crippen LogP contribution >= 0.6 is 23.5 Å². The molecule has 2 aromatic heterocycles. The number of nitrogens with one attached hydrogen (secondary N) is 3. The predicted molar refractivity (Wildman–Crippen MR) is 142 cm³/mol. The van der Waals surface area contributed by atoms with E-state index in [1.165, 1.54) is 18.0 Å². The summed E-state index contributed by atoms with van der Waals surface area (Å²) in [5.41, 5.74) is 1.85. The molecule has 0 amide bonds. The summed E-state index contributed by atoms with van der Waals surface area (Å²) in [5, 5.41) is 7.37. The monoisotopic (exact) mass is 522 g/mol. The Morgan fingerprint density at radius 1 is 1.06 bits per heavy atom. The minimum absolute atomic E-state index is 0.0592. The lowest BCUT2D eigenvalue weighted by atomic mass is 10.1. The third kappa shape index (κ3) is 6.04. The van der Waals surface area contributed by atoms with Crippen molar-refractivity contribution in [1.29, 1.82) is 0 Å². The molecule has 1 saturated heterocycles. The summed E-state index contributed by atoms with van der Waals surface area (Å²) in [5.74, 6) is 0.329. The molecule has 0 saturated carbocycles. The van der Waals surface area contributed by atoms with Crippen LogP contribution in [-0.4, -0.2) is 34.1 Å².